The highest BCUT2D eigenvalue weighted by Crippen LogP contribution is 2.21. The van der Waals surface area contributed by atoms with E-state index in [0.717, 1.165) is 5.69 Å². The first kappa shape index (κ1) is 13.4. The summed E-state index contributed by atoms with van der Waals surface area (Å²) < 4.78 is 23.6. The van der Waals surface area contributed by atoms with E-state index in [-0.39, 0.29) is 24.6 Å². The molecule has 0 radical (unpaired) electrons. The van der Waals surface area contributed by atoms with E-state index < -0.39 is 0 Å². The van der Waals surface area contributed by atoms with Crippen LogP contribution >= 0.6 is 0 Å². The second kappa shape index (κ2) is 5.83. The SMILES string of the molecule is O=C1OC(COc2ccc(F)cc2)CN1c1ccccc1. The standard InChI is InChI=1S/C16H14FNO3/c17-12-6-8-14(9-7-12)20-11-15-10-18(16(19)21-15)13-4-2-1-3-5-13/h1-9,15H,10-11H2. The molecule has 0 N–H and O–H groups in total. The minimum atomic E-state index is -0.381. The van der Waals surface area contributed by atoms with Gasteiger partial charge in [0.1, 0.15) is 18.2 Å². The molecule has 1 atom stereocenters. The molecule has 1 aliphatic heterocycles. The maximum absolute atomic E-state index is 12.8. The lowest BCUT2D eigenvalue weighted by Crippen LogP contribution is -2.26. The zero-order valence-corrected chi connectivity index (χ0v) is 11.2. The van der Waals surface area contributed by atoms with Gasteiger partial charge in [-0.05, 0) is 36.4 Å². The van der Waals surface area contributed by atoms with Crippen LogP contribution in [0, 0.1) is 5.82 Å². The molecule has 1 heterocycles. The van der Waals surface area contributed by atoms with Crippen LogP contribution in [-0.4, -0.2) is 25.3 Å². The summed E-state index contributed by atoms with van der Waals surface area (Å²) in [6.45, 7) is 0.671. The quantitative estimate of drug-likeness (QED) is 0.866. The molecule has 2 aromatic rings. The van der Waals surface area contributed by atoms with E-state index in [0.29, 0.717) is 12.3 Å². The summed E-state index contributed by atoms with van der Waals surface area (Å²) in [5.41, 5.74) is 0.798. The number of amides is 1. The van der Waals surface area contributed by atoms with Gasteiger partial charge in [-0.15, -0.1) is 0 Å². The van der Waals surface area contributed by atoms with Crippen molar-refractivity contribution in [3.8, 4) is 5.75 Å². The van der Waals surface area contributed by atoms with Crippen LogP contribution in [0.25, 0.3) is 0 Å². The van der Waals surface area contributed by atoms with E-state index in [1.165, 1.54) is 12.1 Å². The van der Waals surface area contributed by atoms with Gasteiger partial charge in [-0.1, -0.05) is 18.2 Å². The van der Waals surface area contributed by atoms with Crippen LogP contribution in [0.1, 0.15) is 0 Å². The van der Waals surface area contributed by atoms with Crippen LogP contribution in [0.2, 0.25) is 0 Å². The summed E-state index contributed by atoms with van der Waals surface area (Å²) in [6.07, 6.45) is -0.725. The molecule has 1 amide bonds. The number of carbonyl (C=O) groups excluding carboxylic acids is 1. The Morgan fingerprint density at radius 2 is 1.86 bits per heavy atom. The number of hydrogen-bond acceptors (Lipinski definition) is 3. The second-order valence-corrected chi connectivity index (χ2v) is 4.72. The van der Waals surface area contributed by atoms with Crippen molar-refractivity contribution < 1.29 is 18.7 Å². The van der Waals surface area contributed by atoms with E-state index in [4.69, 9.17) is 9.47 Å². The fourth-order valence-electron chi connectivity index (χ4n) is 2.15. The molecule has 0 aliphatic carbocycles. The number of para-hydroxylation sites is 1. The average Bonchev–Trinajstić information content (AvgIpc) is 2.89. The van der Waals surface area contributed by atoms with Gasteiger partial charge < -0.3 is 9.47 Å². The first-order valence-corrected chi connectivity index (χ1v) is 6.64. The zero-order chi connectivity index (χ0) is 14.7. The third-order valence-corrected chi connectivity index (χ3v) is 3.19. The summed E-state index contributed by atoms with van der Waals surface area (Å²) in [4.78, 5) is 13.4. The van der Waals surface area contributed by atoms with Crippen LogP contribution in [0.3, 0.4) is 0 Å². The number of hydrogen-bond donors (Lipinski definition) is 0. The third kappa shape index (κ3) is 3.13. The highest BCUT2D eigenvalue weighted by Gasteiger charge is 2.32. The predicted octanol–water partition coefficient (Wildman–Crippen LogP) is 3.23. The summed E-state index contributed by atoms with van der Waals surface area (Å²) in [5, 5.41) is 0. The van der Waals surface area contributed by atoms with Gasteiger partial charge in [0.25, 0.3) is 0 Å². The lowest BCUT2D eigenvalue weighted by Gasteiger charge is -2.12. The van der Waals surface area contributed by atoms with Crippen LogP contribution in [-0.2, 0) is 4.74 Å². The molecule has 1 saturated heterocycles. The van der Waals surface area contributed by atoms with Gasteiger partial charge >= 0.3 is 6.09 Å². The topological polar surface area (TPSA) is 38.8 Å². The van der Waals surface area contributed by atoms with Gasteiger partial charge in [0.05, 0.1) is 6.54 Å². The first-order valence-electron chi connectivity index (χ1n) is 6.64. The molecular weight excluding hydrogens is 273 g/mol. The van der Waals surface area contributed by atoms with Gasteiger partial charge in [0.2, 0.25) is 0 Å². The number of ether oxygens (including phenoxy) is 2. The molecule has 4 nitrogen and oxygen atoms in total. The van der Waals surface area contributed by atoms with Gasteiger partial charge in [0.15, 0.2) is 6.10 Å². The number of halogens is 1. The molecule has 21 heavy (non-hydrogen) atoms. The first-order chi connectivity index (χ1) is 10.2. The number of benzene rings is 2. The Hall–Kier alpha value is -2.56. The van der Waals surface area contributed by atoms with E-state index in [1.54, 1.807) is 17.0 Å². The molecule has 0 spiro atoms. The van der Waals surface area contributed by atoms with Gasteiger partial charge in [-0.2, -0.15) is 0 Å². The van der Waals surface area contributed by atoms with Crippen molar-refractivity contribution in [3.05, 3.63) is 60.4 Å². The second-order valence-electron chi connectivity index (χ2n) is 4.72. The fraction of sp³-hybridized carbons (Fsp3) is 0.188. The van der Waals surface area contributed by atoms with E-state index >= 15 is 0 Å². The molecule has 0 saturated carbocycles. The van der Waals surface area contributed by atoms with Crippen LogP contribution in [0.4, 0.5) is 14.9 Å². The van der Waals surface area contributed by atoms with Crippen LogP contribution in [0.5, 0.6) is 5.75 Å². The lowest BCUT2D eigenvalue weighted by molar-refractivity contribution is 0.105. The summed E-state index contributed by atoms with van der Waals surface area (Å²) in [6, 6.07) is 15.1. The Morgan fingerprint density at radius 1 is 1.14 bits per heavy atom. The van der Waals surface area contributed by atoms with Crippen molar-refractivity contribution in [2.45, 2.75) is 6.10 Å². The molecule has 0 bridgehead atoms. The molecule has 3 rings (SSSR count). The highest BCUT2D eigenvalue weighted by atomic mass is 19.1. The van der Waals surface area contributed by atoms with Crippen molar-refractivity contribution in [1.82, 2.24) is 0 Å². The highest BCUT2D eigenvalue weighted by molar-refractivity contribution is 5.89. The molecule has 5 heteroatoms. The Balaban J connectivity index is 1.59. The minimum absolute atomic E-state index is 0.237. The largest absolute Gasteiger partial charge is 0.490 e. The fourth-order valence-corrected chi connectivity index (χ4v) is 2.15. The number of carbonyl (C=O) groups is 1. The third-order valence-electron chi connectivity index (χ3n) is 3.19. The Kier molecular flexibility index (Phi) is 3.73. The molecule has 2 aromatic carbocycles. The molecule has 0 aromatic heterocycles. The normalized spacial score (nSPS) is 17.7. The number of anilines is 1. The lowest BCUT2D eigenvalue weighted by atomic mass is 10.3. The molecule has 1 fully saturated rings. The smallest absolute Gasteiger partial charge is 0.414 e. The summed E-state index contributed by atoms with van der Waals surface area (Å²) >= 11 is 0. The van der Waals surface area contributed by atoms with Gasteiger partial charge in [-0.25, -0.2) is 9.18 Å². The molecule has 1 aliphatic rings. The maximum atomic E-state index is 12.8. The van der Waals surface area contributed by atoms with Crippen LogP contribution < -0.4 is 9.64 Å². The molecular formula is C16H14FNO3. The van der Waals surface area contributed by atoms with Crippen molar-refractivity contribution in [3.63, 3.8) is 0 Å². The average molecular weight is 287 g/mol. The summed E-state index contributed by atoms with van der Waals surface area (Å²) in [7, 11) is 0. The monoisotopic (exact) mass is 287 g/mol. The predicted molar refractivity (Wildman–Crippen MR) is 76.0 cm³/mol. The van der Waals surface area contributed by atoms with Gasteiger partial charge in [0, 0.05) is 5.69 Å². The molecule has 108 valence electrons. The van der Waals surface area contributed by atoms with Crippen molar-refractivity contribution in [2.75, 3.05) is 18.1 Å². The van der Waals surface area contributed by atoms with Crippen molar-refractivity contribution in [1.29, 1.82) is 0 Å². The summed E-state index contributed by atoms with van der Waals surface area (Å²) in [5.74, 6) is 0.232. The van der Waals surface area contributed by atoms with Crippen LogP contribution in [0.15, 0.2) is 54.6 Å². The Bertz CT molecular complexity index is 615. The van der Waals surface area contributed by atoms with Crippen molar-refractivity contribution >= 4 is 11.8 Å². The van der Waals surface area contributed by atoms with E-state index in [1.807, 2.05) is 30.3 Å². The number of rotatable bonds is 4. The zero-order valence-electron chi connectivity index (χ0n) is 11.2. The van der Waals surface area contributed by atoms with Crippen molar-refractivity contribution in [2.24, 2.45) is 0 Å². The number of nitrogens with zero attached hydrogens (tertiary/aromatic N) is 1. The maximum Gasteiger partial charge on any atom is 0.414 e. The van der Waals surface area contributed by atoms with E-state index in [2.05, 4.69) is 0 Å². The van der Waals surface area contributed by atoms with E-state index in [9.17, 15) is 9.18 Å². The Labute approximate surface area is 121 Å². The minimum Gasteiger partial charge on any atom is -0.490 e. The Morgan fingerprint density at radius 3 is 2.57 bits per heavy atom. The van der Waals surface area contributed by atoms with Gasteiger partial charge in [-0.3, -0.25) is 4.90 Å². The molecule has 1 unspecified atom stereocenters. The number of cyclic esters (lactones) is 1.